The maximum absolute atomic E-state index is 11.4. The number of nitro benzene ring substituents is 1. The number of hydrogen-bond acceptors (Lipinski definition) is 6. The largest absolute Gasteiger partial charge is 0.366 e. The number of piperidine rings is 1. The van der Waals surface area contributed by atoms with Gasteiger partial charge in [0, 0.05) is 58.1 Å². The fourth-order valence-electron chi connectivity index (χ4n) is 4.38. The monoisotopic (exact) mass is 381 g/mol. The van der Waals surface area contributed by atoms with E-state index in [1.165, 1.54) is 6.42 Å². The number of nitrogens with zero attached hydrogens (tertiary/aromatic N) is 5. The van der Waals surface area contributed by atoms with Gasteiger partial charge in [-0.2, -0.15) is 0 Å². The molecule has 7 nitrogen and oxygen atoms in total. The Morgan fingerprint density at radius 3 is 2.54 bits per heavy atom. The Bertz CT molecular complexity index is 792. The highest BCUT2D eigenvalue weighted by Gasteiger charge is 2.27. The Morgan fingerprint density at radius 1 is 1.00 bits per heavy atom. The highest BCUT2D eigenvalue weighted by atomic mass is 16.6. The van der Waals surface area contributed by atoms with Gasteiger partial charge in [-0.15, -0.1) is 0 Å². The highest BCUT2D eigenvalue weighted by molar-refractivity contribution is 5.63. The van der Waals surface area contributed by atoms with Crippen molar-refractivity contribution in [2.75, 3.05) is 55.6 Å². The van der Waals surface area contributed by atoms with E-state index in [0.717, 1.165) is 63.7 Å². The van der Waals surface area contributed by atoms with E-state index < -0.39 is 0 Å². The van der Waals surface area contributed by atoms with E-state index in [-0.39, 0.29) is 10.6 Å². The molecule has 2 saturated heterocycles. The molecule has 1 atom stereocenters. The number of hydrogen-bond donors (Lipinski definition) is 0. The first-order chi connectivity index (χ1) is 13.7. The Morgan fingerprint density at radius 2 is 1.79 bits per heavy atom. The van der Waals surface area contributed by atoms with Gasteiger partial charge >= 0.3 is 0 Å². The smallest absolute Gasteiger partial charge is 0.292 e. The SMILES string of the molecule is O=[N+]([O-])c1ccccc1N1CCCC(CN2CCN(c3ccccn3)CC2)C1. The number of aromatic nitrogens is 1. The molecule has 2 aromatic rings. The second kappa shape index (κ2) is 8.56. The molecule has 0 amide bonds. The fraction of sp³-hybridized carbons (Fsp3) is 0.476. The van der Waals surface area contributed by atoms with Gasteiger partial charge in [0.05, 0.1) is 4.92 Å². The normalized spacial score (nSPS) is 20.9. The summed E-state index contributed by atoms with van der Waals surface area (Å²) in [7, 11) is 0. The van der Waals surface area contributed by atoms with Crippen molar-refractivity contribution >= 4 is 17.2 Å². The Balaban J connectivity index is 1.33. The van der Waals surface area contributed by atoms with Crippen LogP contribution in [0.1, 0.15) is 12.8 Å². The van der Waals surface area contributed by atoms with Crippen molar-refractivity contribution in [3.63, 3.8) is 0 Å². The first-order valence-electron chi connectivity index (χ1n) is 10.1. The predicted octanol–water partition coefficient (Wildman–Crippen LogP) is 3.03. The molecule has 148 valence electrons. The number of rotatable bonds is 5. The van der Waals surface area contributed by atoms with E-state index in [4.69, 9.17) is 0 Å². The quantitative estimate of drug-likeness (QED) is 0.586. The minimum absolute atomic E-state index is 0.215. The lowest BCUT2D eigenvalue weighted by molar-refractivity contribution is -0.384. The molecule has 0 saturated carbocycles. The molecular formula is C21H27N5O2. The number of benzene rings is 1. The molecule has 1 unspecified atom stereocenters. The summed E-state index contributed by atoms with van der Waals surface area (Å²) in [6.45, 7) is 6.93. The van der Waals surface area contributed by atoms with Crippen molar-refractivity contribution < 1.29 is 4.92 Å². The van der Waals surface area contributed by atoms with Gasteiger partial charge in [0.2, 0.25) is 0 Å². The van der Waals surface area contributed by atoms with Crippen molar-refractivity contribution in [1.29, 1.82) is 0 Å². The van der Waals surface area contributed by atoms with Crippen molar-refractivity contribution in [3.8, 4) is 0 Å². The van der Waals surface area contributed by atoms with Crippen LogP contribution in [0.25, 0.3) is 0 Å². The van der Waals surface area contributed by atoms with E-state index >= 15 is 0 Å². The third-order valence-corrected chi connectivity index (χ3v) is 5.80. The van der Waals surface area contributed by atoms with E-state index in [1.54, 1.807) is 12.1 Å². The van der Waals surface area contributed by atoms with Crippen molar-refractivity contribution in [3.05, 3.63) is 58.8 Å². The van der Waals surface area contributed by atoms with Crippen LogP contribution in [0.3, 0.4) is 0 Å². The summed E-state index contributed by atoms with van der Waals surface area (Å²) >= 11 is 0. The topological polar surface area (TPSA) is 65.8 Å². The van der Waals surface area contributed by atoms with Crippen LogP contribution in [-0.4, -0.2) is 60.6 Å². The molecule has 4 rings (SSSR count). The Kier molecular flexibility index (Phi) is 5.71. The summed E-state index contributed by atoms with van der Waals surface area (Å²) in [5.74, 6) is 1.61. The van der Waals surface area contributed by atoms with Gasteiger partial charge in [-0.1, -0.05) is 18.2 Å². The molecule has 3 heterocycles. The van der Waals surface area contributed by atoms with Crippen LogP contribution in [0.5, 0.6) is 0 Å². The van der Waals surface area contributed by atoms with Crippen LogP contribution in [0.4, 0.5) is 17.2 Å². The number of nitro groups is 1. The lowest BCUT2D eigenvalue weighted by Gasteiger charge is -2.40. The van der Waals surface area contributed by atoms with E-state index in [1.807, 2.05) is 30.5 Å². The van der Waals surface area contributed by atoms with Crippen LogP contribution < -0.4 is 9.80 Å². The summed E-state index contributed by atoms with van der Waals surface area (Å²) in [5, 5.41) is 11.4. The predicted molar refractivity (Wildman–Crippen MR) is 111 cm³/mol. The molecule has 0 radical (unpaired) electrons. The van der Waals surface area contributed by atoms with Crippen LogP contribution >= 0.6 is 0 Å². The van der Waals surface area contributed by atoms with Crippen molar-refractivity contribution in [2.45, 2.75) is 12.8 Å². The summed E-state index contributed by atoms with van der Waals surface area (Å²) in [4.78, 5) is 22.6. The second-order valence-corrected chi connectivity index (χ2v) is 7.68. The van der Waals surface area contributed by atoms with Gasteiger partial charge < -0.3 is 9.80 Å². The minimum Gasteiger partial charge on any atom is -0.366 e. The van der Waals surface area contributed by atoms with E-state index in [0.29, 0.717) is 5.92 Å². The molecule has 2 fully saturated rings. The lowest BCUT2D eigenvalue weighted by atomic mass is 9.96. The standard InChI is InChI=1S/C21H27N5O2/c27-26(28)20-8-2-1-7-19(20)25-11-5-6-18(17-25)16-23-12-14-24(15-13-23)21-9-3-4-10-22-21/h1-4,7-10,18H,5-6,11-17H2. The fourth-order valence-corrected chi connectivity index (χ4v) is 4.38. The first-order valence-corrected chi connectivity index (χ1v) is 10.1. The number of piperazine rings is 1. The average Bonchev–Trinajstić information content (AvgIpc) is 2.75. The third kappa shape index (κ3) is 4.25. The second-order valence-electron chi connectivity index (χ2n) is 7.68. The Labute approximate surface area is 165 Å². The zero-order valence-corrected chi connectivity index (χ0v) is 16.1. The molecule has 1 aromatic heterocycles. The first kappa shape index (κ1) is 18.7. The average molecular weight is 381 g/mol. The molecule has 0 bridgehead atoms. The molecule has 0 N–H and O–H groups in total. The van der Waals surface area contributed by atoms with Gasteiger partial charge in [-0.25, -0.2) is 4.98 Å². The van der Waals surface area contributed by atoms with E-state index in [2.05, 4.69) is 25.8 Å². The van der Waals surface area contributed by atoms with Crippen molar-refractivity contribution in [1.82, 2.24) is 9.88 Å². The van der Waals surface area contributed by atoms with Crippen LogP contribution in [-0.2, 0) is 0 Å². The minimum atomic E-state index is -0.268. The molecule has 28 heavy (non-hydrogen) atoms. The molecule has 2 aliphatic rings. The van der Waals surface area contributed by atoms with Gasteiger partial charge in [-0.3, -0.25) is 15.0 Å². The maximum atomic E-state index is 11.4. The summed E-state index contributed by atoms with van der Waals surface area (Å²) in [6, 6.07) is 13.2. The van der Waals surface area contributed by atoms with Crippen LogP contribution in [0.2, 0.25) is 0 Å². The summed E-state index contributed by atoms with van der Waals surface area (Å²) in [5.41, 5.74) is 0.976. The third-order valence-electron chi connectivity index (χ3n) is 5.80. The zero-order valence-electron chi connectivity index (χ0n) is 16.1. The summed E-state index contributed by atoms with van der Waals surface area (Å²) < 4.78 is 0. The zero-order chi connectivity index (χ0) is 19.3. The van der Waals surface area contributed by atoms with Crippen LogP contribution in [0.15, 0.2) is 48.7 Å². The van der Waals surface area contributed by atoms with Gasteiger partial charge in [0.25, 0.3) is 5.69 Å². The molecule has 0 aliphatic carbocycles. The number of anilines is 2. The summed E-state index contributed by atoms with van der Waals surface area (Å²) in [6.07, 6.45) is 4.13. The number of pyridine rings is 1. The van der Waals surface area contributed by atoms with Crippen LogP contribution in [0, 0.1) is 16.0 Å². The van der Waals surface area contributed by atoms with E-state index in [9.17, 15) is 10.1 Å². The number of para-hydroxylation sites is 2. The highest BCUT2D eigenvalue weighted by Crippen LogP contribution is 2.31. The molecule has 0 spiro atoms. The van der Waals surface area contributed by atoms with Gasteiger partial charge in [0.1, 0.15) is 11.5 Å². The van der Waals surface area contributed by atoms with Gasteiger partial charge in [0.15, 0.2) is 0 Å². The molecule has 2 aliphatic heterocycles. The Hall–Kier alpha value is -2.67. The van der Waals surface area contributed by atoms with Crippen molar-refractivity contribution in [2.24, 2.45) is 5.92 Å². The maximum Gasteiger partial charge on any atom is 0.292 e. The molecule has 7 heteroatoms. The molecule has 1 aromatic carbocycles. The molecular weight excluding hydrogens is 354 g/mol. The lowest BCUT2D eigenvalue weighted by Crippen LogP contribution is -2.50. The van der Waals surface area contributed by atoms with Gasteiger partial charge in [-0.05, 0) is 37.0 Å².